The molecule has 0 saturated carbocycles. The van der Waals surface area contributed by atoms with Gasteiger partial charge in [-0.15, -0.1) is 0 Å². The largest absolute Gasteiger partial charge is 0.511 e. The van der Waals surface area contributed by atoms with Crippen LogP contribution in [0.4, 0.5) is 10.1 Å². The lowest BCUT2D eigenvalue weighted by Gasteiger charge is -2.45. The Balaban J connectivity index is 1.56. The van der Waals surface area contributed by atoms with Crippen LogP contribution in [0.25, 0.3) is 0 Å². The average molecular weight is 512 g/mol. The third-order valence-corrected chi connectivity index (χ3v) is 7.17. The van der Waals surface area contributed by atoms with Crippen LogP contribution in [0, 0.1) is 17.7 Å². The standard InChI is InChI=1S/C24H21FN4O8/c25-12-6-13(28-15(31)7-29-2-1-27-8-29)19(32)17-11(12)4-9-3-10-5-14(30)18(23(26)36)22(35)24(10,37)21(34)16(9)20(17)33/h1-2,6,8-10,30,32,34,37H,3-5,7H2,(H2,26,36)(H,28,31)/t9?,10-,24-/m0/s1. The zero-order valence-electron chi connectivity index (χ0n) is 19.1. The van der Waals surface area contributed by atoms with E-state index in [1.165, 1.54) is 23.3 Å². The van der Waals surface area contributed by atoms with Crippen molar-refractivity contribution in [2.24, 2.45) is 17.6 Å². The van der Waals surface area contributed by atoms with Crippen molar-refractivity contribution in [3.8, 4) is 5.75 Å². The second-order valence-electron chi connectivity index (χ2n) is 9.30. The number of benzene rings is 1. The van der Waals surface area contributed by atoms with Crippen molar-refractivity contribution in [1.29, 1.82) is 0 Å². The van der Waals surface area contributed by atoms with Gasteiger partial charge in [0.15, 0.2) is 17.1 Å². The van der Waals surface area contributed by atoms with Crippen LogP contribution in [0.3, 0.4) is 0 Å². The summed E-state index contributed by atoms with van der Waals surface area (Å²) in [6, 6.07) is 0.874. The number of phenolic OH excluding ortho intramolecular Hbond substituents is 1. The number of ketones is 2. The number of aliphatic hydroxyl groups is 3. The fraction of sp³-hybridized carbons (Fsp3) is 0.292. The van der Waals surface area contributed by atoms with Crippen molar-refractivity contribution in [2.75, 3.05) is 5.32 Å². The second-order valence-corrected chi connectivity index (χ2v) is 9.30. The first-order valence-electron chi connectivity index (χ1n) is 11.2. The van der Waals surface area contributed by atoms with E-state index < -0.39 is 86.3 Å². The Morgan fingerprint density at radius 2 is 1.97 bits per heavy atom. The summed E-state index contributed by atoms with van der Waals surface area (Å²) >= 11 is 0. The van der Waals surface area contributed by atoms with Gasteiger partial charge in [-0.2, -0.15) is 0 Å². The van der Waals surface area contributed by atoms with Gasteiger partial charge in [-0.1, -0.05) is 0 Å². The number of hydrogen-bond acceptors (Lipinski definition) is 9. The van der Waals surface area contributed by atoms with Crippen LogP contribution in [0.5, 0.6) is 5.75 Å². The first-order chi connectivity index (χ1) is 17.4. The Kier molecular flexibility index (Phi) is 5.40. The molecule has 3 atom stereocenters. The highest BCUT2D eigenvalue weighted by atomic mass is 19.1. The quantitative estimate of drug-likeness (QED) is 0.250. The van der Waals surface area contributed by atoms with Crippen molar-refractivity contribution in [2.45, 2.75) is 31.4 Å². The number of hydrogen-bond donors (Lipinski definition) is 6. The molecule has 0 saturated heterocycles. The summed E-state index contributed by atoms with van der Waals surface area (Å²) in [6.07, 6.45) is 3.65. The zero-order valence-corrected chi connectivity index (χ0v) is 19.1. The van der Waals surface area contributed by atoms with Crippen molar-refractivity contribution in [3.63, 3.8) is 0 Å². The summed E-state index contributed by atoms with van der Waals surface area (Å²) in [5.41, 5.74) is 0.0404. The molecule has 1 aromatic heterocycles. The van der Waals surface area contributed by atoms with Crippen molar-refractivity contribution >= 4 is 29.1 Å². The van der Waals surface area contributed by atoms with Gasteiger partial charge in [0, 0.05) is 41.9 Å². The third kappa shape index (κ3) is 3.49. The molecule has 7 N–H and O–H groups in total. The van der Waals surface area contributed by atoms with Gasteiger partial charge in [0.2, 0.25) is 11.7 Å². The number of Topliss-reactive ketones (excluding diaryl/α,β-unsaturated/α-hetero) is 2. The molecule has 1 aromatic carbocycles. The number of nitrogens with two attached hydrogens (primary N) is 1. The molecule has 37 heavy (non-hydrogen) atoms. The first kappa shape index (κ1) is 24.2. The number of phenols is 1. The Morgan fingerprint density at radius 1 is 1.24 bits per heavy atom. The average Bonchev–Trinajstić information content (AvgIpc) is 3.32. The van der Waals surface area contributed by atoms with Crippen LogP contribution in [0.15, 0.2) is 47.5 Å². The predicted molar refractivity (Wildman–Crippen MR) is 122 cm³/mol. The van der Waals surface area contributed by atoms with Crippen LogP contribution in [-0.2, 0) is 27.3 Å². The highest BCUT2D eigenvalue weighted by Crippen LogP contribution is 2.52. The topological polar surface area (TPSA) is 205 Å². The van der Waals surface area contributed by atoms with E-state index in [0.717, 1.165) is 6.07 Å². The molecule has 3 aliphatic rings. The molecule has 192 valence electrons. The molecule has 0 spiro atoms. The summed E-state index contributed by atoms with van der Waals surface area (Å²) in [5.74, 6) is -9.69. The van der Waals surface area contributed by atoms with Crippen LogP contribution < -0.4 is 11.1 Å². The minimum absolute atomic E-state index is 0.119. The molecule has 0 aliphatic heterocycles. The number of aromatic hydroxyl groups is 1. The number of primary amides is 1. The number of aliphatic hydroxyl groups excluding tert-OH is 2. The van der Waals surface area contributed by atoms with Crippen LogP contribution >= 0.6 is 0 Å². The first-order valence-corrected chi connectivity index (χ1v) is 11.2. The van der Waals surface area contributed by atoms with Crippen LogP contribution in [0.1, 0.15) is 28.8 Å². The molecule has 2 aromatic rings. The fourth-order valence-electron chi connectivity index (χ4n) is 5.47. The van der Waals surface area contributed by atoms with Gasteiger partial charge in [-0.25, -0.2) is 9.37 Å². The number of nitrogens with one attached hydrogen (secondary N) is 1. The number of rotatable bonds is 4. The smallest absolute Gasteiger partial charge is 0.255 e. The number of amides is 2. The number of anilines is 1. The molecule has 13 heteroatoms. The number of allylic oxidation sites excluding steroid dienone is 2. The van der Waals surface area contributed by atoms with E-state index in [9.17, 15) is 39.6 Å². The maximum Gasteiger partial charge on any atom is 0.255 e. The van der Waals surface area contributed by atoms with Gasteiger partial charge in [0.25, 0.3) is 5.91 Å². The van der Waals surface area contributed by atoms with Gasteiger partial charge < -0.3 is 36.0 Å². The number of aromatic nitrogens is 2. The summed E-state index contributed by atoms with van der Waals surface area (Å²) in [4.78, 5) is 54.3. The van der Waals surface area contributed by atoms with Crippen LogP contribution in [0.2, 0.25) is 0 Å². The number of nitrogens with zero attached hydrogens (tertiary/aromatic N) is 2. The molecule has 3 aliphatic carbocycles. The highest BCUT2D eigenvalue weighted by Gasteiger charge is 2.59. The molecule has 0 radical (unpaired) electrons. The Labute approximate surface area is 207 Å². The summed E-state index contributed by atoms with van der Waals surface area (Å²) < 4.78 is 16.6. The van der Waals surface area contributed by atoms with Gasteiger partial charge in [0.05, 0.1) is 17.6 Å². The summed E-state index contributed by atoms with van der Waals surface area (Å²) in [5, 5.41) is 45.6. The van der Waals surface area contributed by atoms with E-state index in [2.05, 4.69) is 10.3 Å². The summed E-state index contributed by atoms with van der Waals surface area (Å²) in [6.45, 7) is -0.209. The normalized spacial score (nSPS) is 24.9. The monoisotopic (exact) mass is 512 g/mol. The lowest BCUT2D eigenvalue weighted by atomic mass is 9.60. The van der Waals surface area contributed by atoms with Crippen molar-refractivity contribution in [1.82, 2.24) is 9.55 Å². The molecular formula is C24H21FN4O8. The molecule has 0 fully saturated rings. The van der Waals surface area contributed by atoms with Gasteiger partial charge >= 0.3 is 0 Å². The van der Waals surface area contributed by atoms with E-state index in [1.807, 2.05) is 0 Å². The molecule has 2 amide bonds. The minimum Gasteiger partial charge on any atom is -0.511 e. The number of carbonyl (C=O) groups excluding carboxylic acids is 4. The predicted octanol–water partition coefficient (Wildman–Crippen LogP) is 0.555. The van der Waals surface area contributed by atoms with Gasteiger partial charge in [0.1, 0.15) is 29.5 Å². The van der Waals surface area contributed by atoms with E-state index >= 15 is 4.39 Å². The molecule has 0 bridgehead atoms. The minimum atomic E-state index is -2.72. The maximum atomic E-state index is 15.1. The number of carbonyl (C=O) groups is 4. The second kappa shape index (κ2) is 8.27. The number of fused-ring (bicyclic) bond motifs is 3. The molecule has 12 nitrogen and oxygen atoms in total. The van der Waals surface area contributed by atoms with Crippen molar-refractivity contribution < 1.29 is 44.0 Å². The van der Waals surface area contributed by atoms with Crippen molar-refractivity contribution in [3.05, 3.63) is 64.4 Å². The molecule has 1 unspecified atom stereocenters. The lowest BCUT2D eigenvalue weighted by molar-refractivity contribution is -0.144. The molecule has 1 heterocycles. The van der Waals surface area contributed by atoms with E-state index in [-0.39, 0.29) is 31.4 Å². The van der Waals surface area contributed by atoms with Gasteiger partial charge in [-0.05, 0) is 18.8 Å². The Morgan fingerprint density at radius 3 is 2.62 bits per heavy atom. The SMILES string of the molecule is NC(=O)C1=C(O)C[C@@H]2CC3Cc4c(F)cc(NC(=O)Cn5ccnc5)c(O)c4C(=O)C3=C(O)[C@]2(O)C1=O. The summed E-state index contributed by atoms with van der Waals surface area (Å²) in [7, 11) is 0. The van der Waals surface area contributed by atoms with Crippen LogP contribution in [-0.4, -0.2) is 59.0 Å². The Hall–Kier alpha value is -4.52. The van der Waals surface area contributed by atoms with E-state index in [1.54, 1.807) is 0 Å². The molecular weight excluding hydrogens is 491 g/mol. The fourth-order valence-corrected chi connectivity index (χ4v) is 5.47. The Bertz CT molecular complexity index is 1460. The number of imidazole rings is 1. The third-order valence-electron chi connectivity index (χ3n) is 7.17. The van der Waals surface area contributed by atoms with Gasteiger partial charge in [-0.3, -0.25) is 19.2 Å². The molecule has 5 rings (SSSR count). The van der Waals surface area contributed by atoms with E-state index in [4.69, 9.17) is 5.73 Å². The highest BCUT2D eigenvalue weighted by molar-refractivity contribution is 6.24. The maximum absolute atomic E-state index is 15.1. The van der Waals surface area contributed by atoms with E-state index in [0.29, 0.717) is 0 Å². The zero-order chi connectivity index (χ0) is 26.8. The number of halogens is 1. The lowest BCUT2D eigenvalue weighted by Crippen LogP contribution is -2.57.